The SMILES string of the molecule is Cc1ccccc1C(=O)Oc1ccc(F)c(F)c1. The Balaban J connectivity index is 2.22. The first-order valence-corrected chi connectivity index (χ1v) is 5.31. The van der Waals surface area contributed by atoms with E-state index in [4.69, 9.17) is 4.74 Å². The van der Waals surface area contributed by atoms with Gasteiger partial charge in [-0.25, -0.2) is 13.6 Å². The highest BCUT2D eigenvalue weighted by atomic mass is 19.2. The fourth-order valence-corrected chi connectivity index (χ4v) is 1.50. The van der Waals surface area contributed by atoms with Gasteiger partial charge in [-0.1, -0.05) is 18.2 Å². The third kappa shape index (κ3) is 2.53. The van der Waals surface area contributed by atoms with Crippen molar-refractivity contribution in [2.75, 3.05) is 0 Å². The molecule has 2 aromatic rings. The highest BCUT2D eigenvalue weighted by Crippen LogP contribution is 2.17. The summed E-state index contributed by atoms with van der Waals surface area (Å²) < 4.78 is 30.6. The Hall–Kier alpha value is -2.23. The summed E-state index contributed by atoms with van der Waals surface area (Å²) in [6.07, 6.45) is 0. The van der Waals surface area contributed by atoms with Gasteiger partial charge in [-0.3, -0.25) is 0 Å². The van der Waals surface area contributed by atoms with E-state index < -0.39 is 17.6 Å². The average molecular weight is 248 g/mol. The van der Waals surface area contributed by atoms with Crippen molar-refractivity contribution in [1.82, 2.24) is 0 Å². The Morgan fingerprint density at radius 3 is 2.44 bits per heavy atom. The third-order valence-electron chi connectivity index (χ3n) is 2.47. The molecule has 18 heavy (non-hydrogen) atoms. The van der Waals surface area contributed by atoms with Crippen molar-refractivity contribution in [3.05, 3.63) is 65.2 Å². The maximum absolute atomic E-state index is 12.9. The quantitative estimate of drug-likeness (QED) is 0.600. The predicted molar refractivity (Wildman–Crippen MR) is 62.5 cm³/mol. The van der Waals surface area contributed by atoms with Crippen LogP contribution in [0.25, 0.3) is 0 Å². The number of benzene rings is 2. The van der Waals surface area contributed by atoms with Crippen molar-refractivity contribution < 1.29 is 18.3 Å². The lowest BCUT2D eigenvalue weighted by molar-refractivity contribution is 0.0733. The predicted octanol–water partition coefficient (Wildman–Crippen LogP) is 3.49. The van der Waals surface area contributed by atoms with E-state index in [2.05, 4.69) is 0 Å². The van der Waals surface area contributed by atoms with Crippen molar-refractivity contribution >= 4 is 5.97 Å². The lowest BCUT2D eigenvalue weighted by Crippen LogP contribution is -2.10. The van der Waals surface area contributed by atoms with E-state index in [0.29, 0.717) is 5.56 Å². The lowest BCUT2D eigenvalue weighted by atomic mass is 10.1. The second kappa shape index (κ2) is 4.96. The number of rotatable bonds is 2. The molecule has 0 saturated carbocycles. The summed E-state index contributed by atoms with van der Waals surface area (Å²) >= 11 is 0. The van der Waals surface area contributed by atoms with Crippen LogP contribution >= 0.6 is 0 Å². The topological polar surface area (TPSA) is 26.3 Å². The molecule has 0 aliphatic heterocycles. The molecule has 0 saturated heterocycles. The van der Waals surface area contributed by atoms with E-state index in [0.717, 1.165) is 17.7 Å². The lowest BCUT2D eigenvalue weighted by Gasteiger charge is -2.06. The molecule has 0 radical (unpaired) electrons. The van der Waals surface area contributed by atoms with Crippen LogP contribution in [0.2, 0.25) is 0 Å². The van der Waals surface area contributed by atoms with E-state index in [1.165, 1.54) is 6.07 Å². The average Bonchev–Trinajstić information content (AvgIpc) is 2.34. The number of ether oxygens (including phenoxy) is 1. The van der Waals surface area contributed by atoms with Crippen LogP contribution in [0.4, 0.5) is 8.78 Å². The van der Waals surface area contributed by atoms with Crippen molar-refractivity contribution in [1.29, 1.82) is 0 Å². The summed E-state index contributed by atoms with van der Waals surface area (Å²) in [7, 11) is 0. The second-order valence-electron chi connectivity index (χ2n) is 3.78. The van der Waals surface area contributed by atoms with Crippen molar-refractivity contribution in [3.8, 4) is 5.75 Å². The monoisotopic (exact) mass is 248 g/mol. The normalized spacial score (nSPS) is 10.2. The standard InChI is InChI=1S/C14H10F2O2/c1-9-4-2-3-5-11(9)14(17)18-10-6-7-12(15)13(16)8-10/h2-8H,1H3. The van der Waals surface area contributed by atoms with Gasteiger partial charge in [-0.15, -0.1) is 0 Å². The largest absolute Gasteiger partial charge is 0.423 e. The first-order chi connectivity index (χ1) is 8.58. The fourth-order valence-electron chi connectivity index (χ4n) is 1.50. The van der Waals surface area contributed by atoms with Gasteiger partial charge in [0.2, 0.25) is 0 Å². The fraction of sp³-hybridized carbons (Fsp3) is 0.0714. The Kier molecular flexibility index (Phi) is 3.37. The molecule has 0 aliphatic carbocycles. The first kappa shape index (κ1) is 12.2. The number of halogens is 2. The van der Waals surface area contributed by atoms with Gasteiger partial charge >= 0.3 is 5.97 Å². The zero-order valence-corrected chi connectivity index (χ0v) is 9.61. The molecule has 0 heterocycles. The van der Waals surface area contributed by atoms with E-state index in [1.807, 2.05) is 0 Å². The van der Waals surface area contributed by atoms with Crippen molar-refractivity contribution in [3.63, 3.8) is 0 Å². The Labute approximate surface area is 103 Å². The van der Waals surface area contributed by atoms with Gasteiger partial charge in [0.05, 0.1) is 5.56 Å². The Bertz CT molecular complexity index is 594. The van der Waals surface area contributed by atoms with Gasteiger partial charge in [0.15, 0.2) is 11.6 Å². The van der Waals surface area contributed by atoms with E-state index in [9.17, 15) is 13.6 Å². The van der Waals surface area contributed by atoms with Crippen LogP contribution in [0, 0.1) is 18.6 Å². The first-order valence-electron chi connectivity index (χ1n) is 5.31. The second-order valence-corrected chi connectivity index (χ2v) is 3.78. The molecule has 0 fully saturated rings. The molecule has 0 N–H and O–H groups in total. The zero-order chi connectivity index (χ0) is 13.1. The van der Waals surface area contributed by atoms with Crippen LogP contribution in [0.1, 0.15) is 15.9 Å². The van der Waals surface area contributed by atoms with Gasteiger partial charge in [0, 0.05) is 6.07 Å². The molecule has 92 valence electrons. The van der Waals surface area contributed by atoms with Gasteiger partial charge in [0.1, 0.15) is 5.75 Å². The molecule has 2 nitrogen and oxygen atoms in total. The number of hydrogen-bond acceptors (Lipinski definition) is 2. The molecule has 0 aliphatic rings. The number of aryl methyl sites for hydroxylation is 1. The molecule has 0 unspecified atom stereocenters. The Morgan fingerprint density at radius 1 is 1.06 bits per heavy atom. The molecule has 4 heteroatoms. The highest BCUT2D eigenvalue weighted by molar-refractivity contribution is 5.92. The summed E-state index contributed by atoms with van der Waals surface area (Å²) in [4.78, 5) is 11.8. The summed E-state index contributed by atoms with van der Waals surface area (Å²) in [5.74, 6) is -2.66. The minimum atomic E-state index is -1.05. The van der Waals surface area contributed by atoms with Crippen LogP contribution in [0.15, 0.2) is 42.5 Å². The molecule has 0 aromatic heterocycles. The van der Waals surface area contributed by atoms with Crippen LogP contribution < -0.4 is 4.74 Å². The molecular weight excluding hydrogens is 238 g/mol. The maximum Gasteiger partial charge on any atom is 0.343 e. The van der Waals surface area contributed by atoms with Gasteiger partial charge in [-0.2, -0.15) is 0 Å². The van der Waals surface area contributed by atoms with E-state index in [-0.39, 0.29) is 5.75 Å². The molecule has 2 aromatic carbocycles. The molecule has 0 amide bonds. The molecule has 2 rings (SSSR count). The number of esters is 1. The van der Waals surface area contributed by atoms with Gasteiger partial charge in [-0.05, 0) is 30.7 Å². The molecular formula is C14H10F2O2. The third-order valence-corrected chi connectivity index (χ3v) is 2.47. The highest BCUT2D eigenvalue weighted by Gasteiger charge is 2.12. The van der Waals surface area contributed by atoms with Crippen molar-refractivity contribution in [2.45, 2.75) is 6.92 Å². The smallest absolute Gasteiger partial charge is 0.343 e. The molecule has 0 bridgehead atoms. The Morgan fingerprint density at radius 2 is 1.78 bits per heavy atom. The summed E-state index contributed by atoms with van der Waals surface area (Å²) in [6, 6.07) is 9.83. The van der Waals surface area contributed by atoms with Crippen LogP contribution in [0.3, 0.4) is 0 Å². The minimum absolute atomic E-state index is 0.0258. The summed E-state index contributed by atoms with van der Waals surface area (Å²) in [5, 5.41) is 0. The van der Waals surface area contributed by atoms with E-state index >= 15 is 0 Å². The van der Waals surface area contributed by atoms with E-state index in [1.54, 1.807) is 31.2 Å². The van der Waals surface area contributed by atoms with Crippen LogP contribution in [0.5, 0.6) is 5.75 Å². The number of carbonyl (C=O) groups is 1. The zero-order valence-electron chi connectivity index (χ0n) is 9.61. The number of carbonyl (C=O) groups excluding carboxylic acids is 1. The summed E-state index contributed by atoms with van der Waals surface area (Å²) in [6.45, 7) is 1.77. The minimum Gasteiger partial charge on any atom is -0.423 e. The maximum atomic E-state index is 12.9. The van der Waals surface area contributed by atoms with Gasteiger partial charge < -0.3 is 4.74 Å². The van der Waals surface area contributed by atoms with Crippen molar-refractivity contribution in [2.24, 2.45) is 0 Å². The molecule has 0 spiro atoms. The van der Waals surface area contributed by atoms with Crippen LogP contribution in [-0.2, 0) is 0 Å². The summed E-state index contributed by atoms with van der Waals surface area (Å²) in [5.41, 5.74) is 1.15. The van der Waals surface area contributed by atoms with Gasteiger partial charge in [0.25, 0.3) is 0 Å². The van der Waals surface area contributed by atoms with Crippen LogP contribution in [-0.4, -0.2) is 5.97 Å². The molecule has 0 atom stereocenters. The number of hydrogen-bond donors (Lipinski definition) is 0.